The van der Waals surface area contributed by atoms with Crippen molar-refractivity contribution in [2.75, 3.05) is 0 Å². The van der Waals surface area contributed by atoms with E-state index >= 15 is 0 Å². The highest BCUT2D eigenvalue weighted by Gasteiger charge is 2.15. The highest BCUT2D eigenvalue weighted by molar-refractivity contribution is 9.10. The molecule has 0 fully saturated rings. The van der Waals surface area contributed by atoms with Crippen molar-refractivity contribution in [3.05, 3.63) is 51.5 Å². The van der Waals surface area contributed by atoms with E-state index in [9.17, 15) is 5.11 Å². The van der Waals surface area contributed by atoms with Crippen LogP contribution in [0.15, 0.2) is 45.4 Å². The molecule has 21 heavy (non-hydrogen) atoms. The van der Waals surface area contributed by atoms with Crippen molar-refractivity contribution < 1.29 is 9.63 Å². The molecule has 3 aromatic rings. The largest absolute Gasteiger partial charge is 0.508 e. The Bertz CT molecular complexity index is 817. The molecule has 106 valence electrons. The topological polar surface area (TPSA) is 59.2 Å². The average Bonchev–Trinajstić information content (AvgIpc) is 2.91. The van der Waals surface area contributed by atoms with Gasteiger partial charge < -0.3 is 9.63 Å². The van der Waals surface area contributed by atoms with Crippen molar-refractivity contribution in [2.24, 2.45) is 0 Å². The van der Waals surface area contributed by atoms with Gasteiger partial charge in [-0.25, -0.2) is 0 Å². The molecule has 0 aliphatic carbocycles. The summed E-state index contributed by atoms with van der Waals surface area (Å²) in [7, 11) is 0. The number of aromatic nitrogens is 2. The normalized spacial score (nSPS) is 10.8. The van der Waals surface area contributed by atoms with E-state index in [2.05, 4.69) is 26.1 Å². The first-order chi connectivity index (χ1) is 10.0. The molecule has 0 unspecified atom stereocenters. The van der Waals surface area contributed by atoms with Gasteiger partial charge in [0.05, 0.1) is 10.6 Å². The van der Waals surface area contributed by atoms with Crippen molar-refractivity contribution in [3.8, 4) is 28.6 Å². The Balaban J connectivity index is 2.06. The summed E-state index contributed by atoms with van der Waals surface area (Å²) in [5, 5.41) is 13.9. The molecule has 0 aliphatic rings. The summed E-state index contributed by atoms with van der Waals surface area (Å²) in [6, 6.07) is 10.4. The molecule has 0 amide bonds. The van der Waals surface area contributed by atoms with Gasteiger partial charge in [-0.3, -0.25) is 0 Å². The monoisotopic (exact) mass is 364 g/mol. The fourth-order valence-electron chi connectivity index (χ4n) is 1.92. The number of nitrogens with zero attached hydrogens (tertiary/aromatic N) is 2. The maximum absolute atomic E-state index is 9.54. The van der Waals surface area contributed by atoms with Crippen LogP contribution in [0.4, 0.5) is 0 Å². The van der Waals surface area contributed by atoms with Gasteiger partial charge >= 0.3 is 0 Å². The fraction of sp³-hybridized carbons (Fsp3) is 0.0667. The SMILES string of the molecule is Cc1ccc(-c2noc(-c3cc(O)ccc3Cl)n2)c(Br)c1. The first-order valence-corrected chi connectivity index (χ1v) is 7.31. The summed E-state index contributed by atoms with van der Waals surface area (Å²) in [5.41, 5.74) is 2.45. The van der Waals surface area contributed by atoms with Crippen LogP contribution >= 0.6 is 27.5 Å². The van der Waals surface area contributed by atoms with E-state index in [0.29, 0.717) is 16.4 Å². The van der Waals surface area contributed by atoms with E-state index < -0.39 is 0 Å². The third kappa shape index (κ3) is 2.80. The summed E-state index contributed by atoms with van der Waals surface area (Å²) in [6.45, 7) is 2.00. The summed E-state index contributed by atoms with van der Waals surface area (Å²) in [6.07, 6.45) is 0. The van der Waals surface area contributed by atoms with Gasteiger partial charge in [0, 0.05) is 10.0 Å². The number of rotatable bonds is 2. The molecule has 0 saturated carbocycles. The molecule has 0 saturated heterocycles. The van der Waals surface area contributed by atoms with E-state index in [-0.39, 0.29) is 11.6 Å². The van der Waals surface area contributed by atoms with Crippen LogP contribution < -0.4 is 0 Å². The molecule has 0 atom stereocenters. The molecule has 0 radical (unpaired) electrons. The van der Waals surface area contributed by atoms with Crippen LogP contribution in [0, 0.1) is 6.92 Å². The van der Waals surface area contributed by atoms with Crippen molar-refractivity contribution in [1.29, 1.82) is 0 Å². The van der Waals surface area contributed by atoms with Gasteiger partial charge in [0.2, 0.25) is 5.82 Å². The van der Waals surface area contributed by atoms with Gasteiger partial charge in [-0.1, -0.05) is 38.8 Å². The van der Waals surface area contributed by atoms with Gasteiger partial charge in [-0.15, -0.1) is 0 Å². The number of aromatic hydroxyl groups is 1. The predicted octanol–water partition coefficient (Wildman–Crippen LogP) is 4.83. The van der Waals surface area contributed by atoms with E-state index in [1.54, 1.807) is 6.07 Å². The third-order valence-corrected chi connectivity index (χ3v) is 3.96. The zero-order valence-electron chi connectivity index (χ0n) is 11.0. The van der Waals surface area contributed by atoms with Crippen LogP contribution in [0.25, 0.3) is 22.8 Å². The number of aryl methyl sites for hydroxylation is 1. The second-order valence-electron chi connectivity index (χ2n) is 4.57. The fourth-order valence-corrected chi connectivity index (χ4v) is 2.79. The summed E-state index contributed by atoms with van der Waals surface area (Å²) < 4.78 is 6.13. The molecule has 3 rings (SSSR count). The van der Waals surface area contributed by atoms with E-state index in [0.717, 1.165) is 15.6 Å². The molecule has 1 N–H and O–H groups in total. The Morgan fingerprint density at radius 1 is 1.14 bits per heavy atom. The lowest BCUT2D eigenvalue weighted by Gasteiger charge is -2.00. The Morgan fingerprint density at radius 2 is 1.95 bits per heavy atom. The molecule has 2 aromatic carbocycles. The lowest BCUT2D eigenvalue weighted by Crippen LogP contribution is -1.84. The third-order valence-electron chi connectivity index (χ3n) is 2.97. The Labute approximate surface area is 134 Å². The van der Waals surface area contributed by atoms with Crippen molar-refractivity contribution in [3.63, 3.8) is 0 Å². The molecular weight excluding hydrogens is 356 g/mol. The molecular formula is C15H10BrClN2O2. The van der Waals surface area contributed by atoms with Crippen molar-refractivity contribution >= 4 is 27.5 Å². The quantitative estimate of drug-likeness (QED) is 0.706. The number of hydrogen-bond donors (Lipinski definition) is 1. The minimum Gasteiger partial charge on any atom is -0.508 e. The zero-order valence-corrected chi connectivity index (χ0v) is 13.3. The second-order valence-corrected chi connectivity index (χ2v) is 5.83. The minimum absolute atomic E-state index is 0.0886. The summed E-state index contributed by atoms with van der Waals surface area (Å²) in [5.74, 6) is 0.806. The van der Waals surface area contributed by atoms with E-state index in [1.165, 1.54) is 12.1 Å². The predicted molar refractivity (Wildman–Crippen MR) is 84.3 cm³/mol. The van der Waals surface area contributed by atoms with Gasteiger partial charge in [0.1, 0.15) is 5.75 Å². The molecule has 1 heterocycles. The van der Waals surface area contributed by atoms with Crippen molar-refractivity contribution in [2.45, 2.75) is 6.92 Å². The van der Waals surface area contributed by atoms with Crippen LogP contribution in [0.2, 0.25) is 5.02 Å². The smallest absolute Gasteiger partial charge is 0.259 e. The van der Waals surface area contributed by atoms with Crippen LogP contribution in [0.1, 0.15) is 5.56 Å². The molecule has 4 nitrogen and oxygen atoms in total. The Kier molecular flexibility index (Phi) is 3.69. The van der Waals surface area contributed by atoms with Crippen LogP contribution in [0.5, 0.6) is 5.75 Å². The highest BCUT2D eigenvalue weighted by Crippen LogP contribution is 2.33. The number of phenolic OH excluding ortho intramolecular Hbond substituents is 1. The van der Waals surface area contributed by atoms with Gasteiger partial charge in [-0.05, 0) is 42.8 Å². The Hall–Kier alpha value is -1.85. The molecule has 1 aromatic heterocycles. The van der Waals surface area contributed by atoms with Gasteiger partial charge in [-0.2, -0.15) is 4.98 Å². The van der Waals surface area contributed by atoms with Gasteiger partial charge in [0.15, 0.2) is 0 Å². The van der Waals surface area contributed by atoms with Crippen molar-refractivity contribution in [1.82, 2.24) is 10.1 Å². The first kappa shape index (κ1) is 14.1. The summed E-state index contributed by atoms with van der Waals surface area (Å²) in [4.78, 5) is 4.34. The van der Waals surface area contributed by atoms with Crippen LogP contribution in [0.3, 0.4) is 0 Å². The minimum atomic E-state index is 0.0886. The van der Waals surface area contributed by atoms with E-state index in [4.69, 9.17) is 16.1 Å². The standard InChI is InChI=1S/C15H10BrClN2O2/c1-8-2-4-10(12(16)6-8)14-18-15(21-19-14)11-7-9(20)3-5-13(11)17/h2-7,20H,1H3. The number of benzene rings is 2. The molecule has 0 aliphatic heterocycles. The maximum Gasteiger partial charge on any atom is 0.259 e. The first-order valence-electron chi connectivity index (χ1n) is 6.14. The maximum atomic E-state index is 9.54. The highest BCUT2D eigenvalue weighted by atomic mass is 79.9. The van der Waals surface area contributed by atoms with Gasteiger partial charge in [0.25, 0.3) is 5.89 Å². The molecule has 0 spiro atoms. The summed E-state index contributed by atoms with van der Waals surface area (Å²) >= 11 is 9.58. The second kappa shape index (κ2) is 5.50. The lowest BCUT2D eigenvalue weighted by molar-refractivity contribution is 0.431. The lowest BCUT2D eigenvalue weighted by atomic mass is 10.1. The molecule has 0 bridgehead atoms. The Morgan fingerprint density at radius 3 is 2.71 bits per heavy atom. The van der Waals surface area contributed by atoms with E-state index in [1.807, 2.05) is 25.1 Å². The number of phenols is 1. The molecule has 6 heteroatoms. The number of hydrogen-bond acceptors (Lipinski definition) is 4. The zero-order chi connectivity index (χ0) is 15.0. The number of halogens is 2. The van der Waals surface area contributed by atoms with Crippen LogP contribution in [-0.2, 0) is 0 Å². The van der Waals surface area contributed by atoms with Crippen LogP contribution in [-0.4, -0.2) is 15.2 Å². The average molecular weight is 366 g/mol.